The summed E-state index contributed by atoms with van der Waals surface area (Å²) in [6, 6.07) is 15.1. The van der Waals surface area contributed by atoms with Crippen LogP contribution in [-0.4, -0.2) is 38.3 Å². The van der Waals surface area contributed by atoms with E-state index in [0.717, 1.165) is 0 Å². The number of benzene rings is 2. The molecule has 1 aliphatic rings. The second-order valence-corrected chi connectivity index (χ2v) is 5.22. The first kappa shape index (κ1) is 14.8. The van der Waals surface area contributed by atoms with Crippen molar-refractivity contribution in [3.05, 3.63) is 71.4 Å². The van der Waals surface area contributed by atoms with E-state index < -0.39 is 17.8 Å². The second kappa shape index (κ2) is 5.68. The van der Waals surface area contributed by atoms with Crippen LogP contribution in [0.1, 0.15) is 31.2 Å². The summed E-state index contributed by atoms with van der Waals surface area (Å²) < 4.78 is 0. The molecule has 2 heterocycles. The highest BCUT2D eigenvalue weighted by Gasteiger charge is 2.39. The van der Waals surface area contributed by atoms with Crippen molar-refractivity contribution in [1.29, 1.82) is 0 Å². The van der Waals surface area contributed by atoms with E-state index in [1.165, 1.54) is 12.1 Å². The van der Waals surface area contributed by atoms with Gasteiger partial charge in [-0.1, -0.05) is 47.5 Å². The molecular formula is C17H10N4O4. The van der Waals surface area contributed by atoms with E-state index in [-0.39, 0.29) is 22.5 Å². The monoisotopic (exact) mass is 334 g/mol. The lowest BCUT2D eigenvalue weighted by Gasteiger charge is -2.11. The number of nitrogens with one attached hydrogen (secondary N) is 1. The van der Waals surface area contributed by atoms with E-state index in [1.807, 2.05) is 6.07 Å². The number of hydrogen-bond donors (Lipinski definition) is 1. The smallest absolute Gasteiger partial charge is 0.322 e. The Morgan fingerprint density at radius 1 is 0.880 bits per heavy atom. The number of hydrogen-bond acceptors (Lipinski definition) is 6. The van der Waals surface area contributed by atoms with Crippen LogP contribution in [0.15, 0.2) is 54.6 Å². The van der Waals surface area contributed by atoms with Gasteiger partial charge in [0.25, 0.3) is 11.8 Å². The van der Waals surface area contributed by atoms with Gasteiger partial charge in [-0.05, 0) is 12.1 Å². The minimum absolute atomic E-state index is 0.122. The molecule has 0 spiro atoms. The van der Waals surface area contributed by atoms with E-state index in [2.05, 4.69) is 15.4 Å². The van der Waals surface area contributed by atoms with Crippen LogP contribution >= 0.6 is 0 Å². The molecule has 2 amide bonds. The minimum Gasteiger partial charge on any atom is -0.322 e. The van der Waals surface area contributed by atoms with Gasteiger partial charge < -0.3 is 4.84 Å². The summed E-state index contributed by atoms with van der Waals surface area (Å²) in [4.78, 5) is 41.9. The third-order valence-electron chi connectivity index (χ3n) is 3.72. The molecule has 0 saturated carbocycles. The number of amides is 2. The number of imide groups is 1. The Labute approximate surface area is 141 Å². The molecule has 0 bridgehead atoms. The predicted molar refractivity (Wildman–Crippen MR) is 84.2 cm³/mol. The van der Waals surface area contributed by atoms with Crippen LogP contribution in [-0.2, 0) is 4.84 Å². The summed E-state index contributed by atoms with van der Waals surface area (Å²) in [6.45, 7) is 0. The molecule has 0 atom stereocenters. The highest BCUT2D eigenvalue weighted by molar-refractivity contribution is 6.21. The Morgan fingerprint density at radius 3 is 2.12 bits per heavy atom. The van der Waals surface area contributed by atoms with Gasteiger partial charge in [0, 0.05) is 5.56 Å². The fraction of sp³-hybridized carbons (Fsp3) is 0. The van der Waals surface area contributed by atoms with Crippen molar-refractivity contribution in [2.24, 2.45) is 0 Å². The van der Waals surface area contributed by atoms with Crippen LogP contribution in [0.2, 0.25) is 0 Å². The number of carbonyl (C=O) groups is 3. The lowest BCUT2D eigenvalue weighted by molar-refractivity contribution is -0.0588. The number of carbonyl (C=O) groups excluding carboxylic acids is 3. The first-order valence-electron chi connectivity index (χ1n) is 7.33. The quantitative estimate of drug-likeness (QED) is 0.733. The lowest BCUT2D eigenvalue weighted by Crippen LogP contribution is -2.33. The summed E-state index contributed by atoms with van der Waals surface area (Å²) in [5.74, 6) is -2.35. The number of nitrogens with zero attached hydrogens (tertiary/aromatic N) is 3. The van der Waals surface area contributed by atoms with Crippen LogP contribution in [0.3, 0.4) is 0 Å². The zero-order valence-electron chi connectivity index (χ0n) is 12.7. The molecule has 1 aromatic heterocycles. The first-order valence-corrected chi connectivity index (χ1v) is 7.33. The van der Waals surface area contributed by atoms with E-state index in [9.17, 15) is 14.4 Å². The van der Waals surface area contributed by atoms with Crippen molar-refractivity contribution < 1.29 is 19.2 Å². The van der Waals surface area contributed by atoms with Crippen molar-refractivity contribution in [1.82, 2.24) is 20.5 Å². The van der Waals surface area contributed by atoms with Crippen LogP contribution in [0.25, 0.3) is 11.3 Å². The second-order valence-electron chi connectivity index (χ2n) is 5.22. The van der Waals surface area contributed by atoms with Gasteiger partial charge in [0.1, 0.15) is 5.69 Å². The van der Waals surface area contributed by atoms with Crippen LogP contribution in [0, 0.1) is 0 Å². The summed E-state index contributed by atoms with van der Waals surface area (Å²) >= 11 is 0. The topological polar surface area (TPSA) is 105 Å². The molecule has 0 saturated heterocycles. The molecule has 1 aliphatic heterocycles. The number of fused-ring (bicyclic) bond motifs is 1. The molecule has 0 fully saturated rings. The Kier molecular flexibility index (Phi) is 3.35. The van der Waals surface area contributed by atoms with Gasteiger partial charge in [0.05, 0.1) is 11.1 Å². The third kappa shape index (κ3) is 2.36. The standard InChI is InChI=1S/C17H10N4O4/c22-15-11-8-4-5-9-12(11)16(23)21(15)25-17(24)14-13(18-20-19-14)10-6-2-1-3-7-10/h1-9H,(H,18,19,20). The van der Waals surface area contributed by atoms with E-state index in [1.54, 1.807) is 36.4 Å². The lowest BCUT2D eigenvalue weighted by atomic mass is 10.1. The molecule has 8 nitrogen and oxygen atoms in total. The van der Waals surface area contributed by atoms with Crippen LogP contribution in [0.4, 0.5) is 0 Å². The number of rotatable bonds is 3. The fourth-order valence-corrected chi connectivity index (χ4v) is 2.55. The molecule has 0 aliphatic carbocycles. The largest absolute Gasteiger partial charge is 0.386 e. The van der Waals surface area contributed by atoms with Gasteiger partial charge in [0.15, 0.2) is 0 Å². The number of H-pyrrole nitrogens is 1. The minimum atomic E-state index is -0.956. The fourth-order valence-electron chi connectivity index (χ4n) is 2.55. The van der Waals surface area contributed by atoms with E-state index in [4.69, 9.17) is 4.84 Å². The maximum atomic E-state index is 12.4. The molecule has 0 unspecified atom stereocenters. The Balaban J connectivity index is 1.62. The first-order chi connectivity index (χ1) is 12.2. The van der Waals surface area contributed by atoms with Gasteiger partial charge in [-0.15, -0.1) is 5.10 Å². The molecule has 1 N–H and O–H groups in total. The van der Waals surface area contributed by atoms with Gasteiger partial charge in [-0.25, -0.2) is 4.79 Å². The van der Waals surface area contributed by atoms with Gasteiger partial charge in [-0.2, -0.15) is 10.3 Å². The molecule has 122 valence electrons. The van der Waals surface area contributed by atoms with Gasteiger partial charge in [-0.3, -0.25) is 9.59 Å². The van der Waals surface area contributed by atoms with Crippen molar-refractivity contribution in [2.75, 3.05) is 0 Å². The van der Waals surface area contributed by atoms with Gasteiger partial charge in [0.2, 0.25) is 5.69 Å². The molecule has 4 rings (SSSR count). The molecule has 8 heteroatoms. The van der Waals surface area contributed by atoms with Crippen molar-refractivity contribution in [3.8, 4) is 11.3 Å². The Bertz CT molecular complexity index is 962. The molecule has 0 radical (unpaired) electrons. The zero-order chi connectivity index (χ0) is 17.4. The molecule has 2 aromatic carbocycles. The highest BCUT2D eigenvalue weighted by atomic mass is 16.7. The Hall–Kier alpha value is -3.81. The predicted octanol–water partition coefficient (Wildman–Crippen LogP) is 1.84. The summed E-state index contributed by atoms with van der Waals surface area (Å²) in [5, 5.41) is 10.5. The zero-order valence-corrected chi connectivity index (χ0v) is 12.7. The number of aromatic nitrogens is 3. The van der Waals surface area contributed by atoms with E-state index >= 15 is 0 Å². The molecule has 25 heavy (non-hydrogen) atoms. The highest BCUT2D eigenvalue weighted by Crippen LogP contribution is 2.25. The van der Waals surface area contributed by atoms with Gasteiger partial charge >= 0.3 is 5.97 Å². The summed E-state index contributed by atoms with van der Waals surface area (Å²) in [5.41, 5.74) is 1.16. The SMILES string of the molecule is O=C(ON1C(=O)c2ccccc2C1=O)c1n[nH]nc1-c1ccccc1. The van der Waals surface area contributed by atoms with Crippen molar-refractivity contribution >= 4 is 17.8 Å². The normalized spacial score (nSPS) is 13.0. The van der Waals surface area contributed by atoms with Crippen LogP contribution < -0.4 is 0 Å². The summed E-state index contributed by atoms with van der Waals surface area (Å²) in [7, 11) is 0. The molecule has 3 aromatic rings. The van der Waals surface area contributed by atoms with Crippen LogP contribution in [0.5, 0.6) is 0 Å². The maximum absolute atomic E-state index is 12.4. The molecular weight excluding hydrogens is 324 g/mol. The van der Waals surface area contributed by atoms with Crippen molar-refractivity contribution in [3.63, 3.8) is 0 Å². The average molecular weight is 334 g/mol. The number of hydroxylamine groups is 2. The third-order valence-corrected chi connectivity index (χ3v) is 3.72. The van der Waals surface area contributed by atoms with E-state index in [0.29, 0.717) is 10.6 Å². The average Bonchev–Trinajstić information content (AvgIpc) is 3.23. The maximum Gasteiger partial charge on any atom is 0.386 e. The van der Waals surface area contributed by atoms with Crippen molar-refractivity contribution in [2.45, 2.75) is 0 Å². The number of aromatic amines is 1. The summed E-state index contributed by atoms with van der Waals surface area (Å²) in [6.07, 6.45) is 0. The Morgan fingerprint density at radius 2 is 1.48 bits per heavy atom.